The Morgan fingerprint density at radius 3 is 2.42 bits per heavy atom. The van der Waals surface area contributed by atoms with Gasteiger partial charge in [-0.2, -0.15) is 0 Å². The van der Waals surface area contributed by atoms with Gasteiger partial charge in [0.2, 0.25) is 11.8 Å². The van der Waals surface area contributed by atoms with Gasteiger partial charge in [-0.3, -0.25) is 9.59 Å². The molecule has 4 nitrogen and oxygen atoms in total. The highest BCUT2D eigenvalue weighted by Crippen LogP contribution is 2.23. The predicted octanol–water partition coefficient (Wildman–Crippen LogP) is 5.97. The molecule has 0 aromatic heterocycles. The van der Waals surface area contributed by atoms with Crippen LogP contribution in [0.1, 0.15) is 56.6 Å². The van der Waals surface area contributed by atoms with E-state index in [-0.39, 0.29) is 36.0 Å². The lowest BCUT2D eigenvalue weighted by Gasteiger charge is -2.33. The lowest BCUT2D eigenvalue weighted by Crippen LogP contribution is -2.52. The molecule has 0 heterocycles. The van der Waals surface area contributed by atoms with Crippen LogP contribution in [0, 0.1) is 5.82 Å². The van der Waals surface area contributed by atoms with Crippen LogP contribution in [0.3, 0.4) is 0 Å². The van der Waals surface area contributed by atoms with Gasteiger partial charge in [0.25, 0.3) is 0 Å². The van der Waals surface area contributed by atoms with E-state index in [2.05, 4.69) is 5.32 Å². The van der Waals surface area contributed by atoms with E-state index >= 15 is 0 Å². The second kappa shape index (κ2) is 13.0. The first-order valence-corrected chi connectivity index (χ1v) is 13.2. The third-order valence-electron chi connectivity index (χ3n) is 6.08. The minimum Gasteiger partial charge on any atom is -0.352 e. The molecule has 0 bridgehead atoms. The maximum atomic E-state index is 13.9. The summed E-state index contributed by atoms with van der Waals surface area (Å²) in [7, 11) is 0. The summed E-state index contributed by atoms with van der Waals surface area (Å²) in [6, 6.07) is 13.6. The van der Waals surface area contributed by atoms with E-state index in [0.29, 0.717) is 22.8 Å². The predicted molar refractivity (Wildman–Crippen MR) is 134 cm³/mol. The zero-order valence-corrected chi connectivity index (χ0v) is 20.6. The van der Waals surface area contributed by atoms with Crippen molar-refractivity contribution in [1.29, 1.82) is 0 Å². The van der Waals surface area contributed by atoms with Crippen molar-refractivity contribution < 1.29 is 14.0 Å². The molecule has 1 saturated carbocycles. The van der Waals surface area contributed by atoms with Gasteiger partial charge >= 0.3 is 0 Å². The maximum absolute atomic E-state index is 13.9. The number of hydrogen-bond donors (Lipinski definition) is 1. The second-order valence-electron chi connectivity index (χ2n) is 8.46. The molecule has 0 radical (unpaired) electrons. The van der Waals surface area contributed by atoms with Gasteiger partial charge in [-0.05, 0) is 42.5 Å². The summed E-state index contributed by atoms with van der Waals surface area (Å²) in [6.07, 6.45) is 5.93. The minimum atomic E-state index is -0.579. The number of hydrogen-bond acceptors (Lipinski definition) is 3. The molecule has 7 heteroatoms. The Morgan fingerprint density at radius 1 is 1.09 bits per heavy atom. The molecule has 1 aliphatic carbocycles. The molecular formula is C26H32ClFN2O2S. The molecule has 2 aromatic rings. The molecule has 0 unspecified atom stereocenters. The van der Waals surface area contributed by atoms with E-state index in [0.717, 1.165) is 31.2 Å². The summed E-state index contributed by atoms with van der Waals surface area (Å²) < 4.78 is 13.9. The molecule has 1 N–H and O–H groups in total. The number of halogens is 2. The molecule has 1 aliphatic rings. The minimum absolute atomic E-state index is 0.107. The van der Waals surface area contributed by atoms with Gasteiger partial charge in [-0.15, -0.1) is 11.8 Å². The zero-order valence-electron chi connectivity index (χ0n) is 19.1. The summed E-state index contributed by atoms with van der Waals surface area (Å²) in [5, 5.41) is 3.74. The van der Waals surface area contributed by atoms with E-state index in [4.69, 9.17) is 11.6 Å². The molecule has 1 atom stereocenters. The van der Waals surface area contributed by atoms with Crippen LogP contribution in [-0.2, 0) is 21.9 Å². The highest BCUT2D eigenvalue weighted by Gasteiger charge is 2.30. The quantitative estimate of drug-likeness (QED) is 0.446. The molecule has 0 aliphatic heterocycles. The first kappa shape index (κ1) is 25.6. The van der Waals surface area contributed by atoms with Gasteiger partial charge in [0.1, 0.15) is 11.9 Å². The van der Waals surface area contributed by atoms with E-state index in [1.54, 1.807) is 29.2 Å². The highest BCUT2D eigenvalue weighted by atomic mass is 35.5. The van der Waals surface area contributed by atoms with Gasteiger partial charge in [0.05, 0.1) is 5.75 Å². The van der Waals surface area contributed by atoms with Gasteiger partial charge in [0, 0.05) is 23.4 Å². The van der Waals surface area contributed by atoms with E-state index in [1.165, 1.54) is 24.2 Å². The van der Waals surface area contributed by atoms with Gasteiger partial charge < -0.3 is 10.2 Å². The van der Waals surface area contributed by atoms with Crippen molar-refractivity contribution in [2.45, 2.75) is 69.8 Å². The Hall–Kier alpha value is -2.05. The van der Waals surface area contributed by atoms with E-state index in [1.807, 2.05) is 25.1 Å². The first-order chi connectivity index (χ1) is 16.0. The van der Waals surface area contributed by atoms with Crippen LogP contribution < -0.4 is 5.32 Å². The van der Waals surface area contributed by atoms with Gasteiger partial charge in [-0.25, -0.2) is 4.39 Å². The number of nitrogens with zero attached hydrogens (tertiary/aromatic N) is 1. The zero-order chi connectivity index (χ0) is 23.6. The summed E-state index contributed by atoms with van der Waals surface area (Å²) in [5.74, 6) is 0.0181. The largest absolute Gasteiger partial charge is 0.352 e. The molecule has 1 fully saturated rings. The molecule has 3 rings (SSSR count). The van der Waals surface area contributed by atoms with Crippen LogP contribution in [0.4, 0.5) is 4.39 Å². The summed E-state index contributed by atoms with van der Waals surface area (Å²) in [6.45, 7) is 2.18. The number of thioether (sulfide) groups is 1. The fourth-order valence-electron chi connectivity index (χ4n) is 4.22. The van der Waals surface area contributed by atoms with Crippen LogP contribution in [0.5, 0.6) is 0 Å². The summed E-state index contributed by atoms with van der Waals surface area (Å²) >= 11 is 7.72. The van der Waals surface area contributed by atoms with Crippen LogP contribution in [0.15, 0.2) is 48.5 Å². The fourth-order valence-corrected chi connectivity index (χ4v) is 5.31. The number of carbonyl (C=O) groups excluding carboxylic acids is 2. The van der Waals surface area contributed by atoms with Crippen molar-refractivity contribution in [2.75, 3.05) is 5.75 Å². The maximum Gasteiger partial charge on any atom is 0.243 e. The molecule has 33 heavy (non-hydrogen) atoms. The average molecular weight is 491 g/mol. The second-order valence-corrected chi connectivity index (χ2v) is 9.86. The first-order valence-electron chi connectivity index (χ1n) is 11.6. The molecule has 2 aromatic carbocycles. The van der Waals surface area contributed by atoms with Crippen LogP contribution >= 0.6 is 23.4 Å². The average Bonchev–Trinajstić information content (AvgIpc) is 2.82. The molecule has 0 saturated heterocycles. The number of rotatable bonds is 10. The van der Waals surface area contributed by atoms with Gasteiger partial charge in [-0.1, -0.05) is 74.2 Å². The molecule has 2 amide bonds. The third-order valence-corrected chi connectivity index (χ3v) is 7.41. The highest BCUT2D eigenvalue weighted by molar-refractivity contribution is 7.99. The Balaban J connectivity index is 1.72. The topological polar surface area (TPSA) is 49.4 Å². The van der Waals surface area contributed by atoms with E-state index in [9.17, 15) is 14.0 Å². The Kier molecular flexibility index (Phi) is 10.1. The van der Waals surface area contributed by atoms with Crippen LogP contribution in [-0.4, -0.2) is 34.6 Å². The number of benzene rings is 2. The van der Waals surface area contributed by atoms with Crippen molar-refractivity contribution in [3.63, 3.8) is 0 Å². The number of amides is 2. The standard InChI is InChI=1S/C26H32ClFN2O2S/c1-2-24(26(32)29-21-12-4-3-5-13-21)30(16-19-10-6-8-14-22(19)27)25(31)18-33-17-20-11-7-9-15-23(20)28/h6-11,14-15,21,24H,2-5,12-13,16-18H2,1H3,(H,29,32)/t24-/m1/s1. The fraction of sp³-hybridized carbons (Fsp3) is 0.462. The monoisotopic (exact) mass is 490 g/mol. The van der Waals surface area contributed by atoms with Crippen molar-refractivity contribution in [1.82, 2.24) is 10.2 Å². The smallest absolute Gasteiger partial charge is 0.243 e. The number of carbonyl (C=O) groups is 2. The summed E-state index contributed by atoms with van der Waals surface area (Å²) in [4.78, 5) is 28.2. The van der Waals surface area contributed by atoms with Crippen molar-refractivity contribution in [3.8, 4) is 0 Å². The van der Waals surface area contributed by atoms with Crippen molar-refractivity contribution >= 4 is 35.2 Å². The molecule has 178 valence electrons. The lowest BCUT2D eigenvalue weighted by molar-refractivity contribution is -0.139. The molecule has 0 spiro atoms. The molecular weight excluding hydrogens is 459 g/mol. The number of nitrogens with one attached hydrogen (secondary N) is 1. The van der Waals surface area contributed by atoms with E-state index < -0.39 is 6.04 Å². The Labute approximate surface area is 205 Å². The van der Waals surface area contributed by atoms with Crippen LogP contribution in [0.2, 0.25) is 5.02 Å². The Bertz CT molecular complexity index is 936. The lowest BCUT2D eigenvalue weighted by atomic mass is 9.95. The van der Waals surface area contributed by atoms with Crippen molar-refractivity contribution in [3.05, 3.63) is 70.5 Å². The Morgan fingerprint density at radius 2 is 1.76 bits per heavy atom. The normalized spacial score (nSPS) is 15.1. The summed E-state index contributed by atoms with van der Waals surface area (Å²) in [5.41, 5.74) is 1.37. The SMILES string of the molecule is CC[C@H](C(=O)NC1CCCCC1)N(Cc1ccccc1Cl)C(=O)CSCc1ccccc1F. The van der Waals surface area contributed by atoms with Crippen LogP contribution in [0.25, 0.3) is 0 Å². The van der Waals surface area contributed by atoms with Crippen molar-refractivity contribution in [2.24, 2.45) is 0 Å². The third kappa shape index (κ3) is 7.47. The van der Waals surface area contributed by atoms with Gasteiger partial charge in [0.15, 0.2) is 0 Å².